The van der Waals surface area contributed by atoms with Crippen LogP contribution >= 0.6 is 11.3 Å². The lowest BCUT2D eigenvalue weighted by molar-refractivity contribution is 0.0785. The van der Waals surface area contributed by atoms with Gasteiger partial charge in [-0.1, -0.05) is 0 Å². The molecule has 3 aromatic rings. The quantitative estimate of drug-likeness (QED) is 0.755. The Labute approximate surface area is 149 Å². The molecule has 1 aliphatic carbocycles. The molecule has 3 heterocycles. The third-order valence-electron chi connectivity index (χ3n) is 4.50. The Balaban J connectivity index is 1.72. The largest absolute Gasteiger partial charge is 0.442 e. The van der Waals surface area contributed by atoms with Crippen molar-refractivity contribution in [1.29, 1.82) is 0 Å². The van der Waals surface area contributed by atoms with Crippen molar-refractivity contribution in [3.8, 4) is 0 Å². The molecule has 8 heteroatoms. The molecule has 1 saturated carbocycles. The van der Waals surface area contributed by atoms with Gasteiger partial charge in [-0.3, -0.25) is 4.79 Å². The molecule has 0 saturated heterocycles. The van der Waals surface area contributed by atoms with Crippen molar-refractivity contribution in [3.05, 3.63) is 34.2 Å². The van der Waals surface area contributed by atoms with Crippen LogP contribution in [-0.2, 0) is 6.54 Å². The number of fused-ring (bicyclic) bond motifs is 1. The van der Waals surface area contributed by atoms with Crippen LogP contribution in [0.1, 0.15) is 40.9 Å². The minimum absolute atomic E-state index is 0.0412. The first kappa shape index (κ1) is 16.0. The zero-order valence-electron chi connectivity index (χ0n) is 14.4. The Morgan fingerprint density at radius 2 is 2.20 bits per heavy atom. The van der Waals surface area contributed by atoms with Gasteiger partial charge < -0.3 is 14.6 Å². The van der Waals surface area contributed by atoms with Crippen molar-refractivity contribution >= 4 is 34.2 Å². The lowest BCUT2D eigenvalue weighted by Crippen LogP contribution is -2.27. The maximum Gasteiger partial charge on any atom is 0.258 e. The zero-order chi connectivity index (χ0) is 17.6. The summed E-state index contributed by atoms with van der Waals surface area (Å²) in [5.74, 6) is 1.09. The van der Waals surface area contributed by atoms with E-state index in [1.54, 1.807) is 25.1 Å². The highest BCUT2D eigenvalue weighted by molar-refractivity contribution is 7.09. The number of anilines is 1. The van der Waals surface area contributed by atoms with Gasteiger partial charge in [-0.05, 0) is 26.7 Å². The molecule has 0 radical (unpaired) electrons. The second-order valence-corrected chi connectivity index (χ2v) is 7.69. The molecule has 7 nitrogen and oxygen atoms in total. The van der Waals surface area contributed by atoms with Gasteiger partial charge in [0.2, 0.25) is 5.71 Å². The number of amides is 1. The van der Waals surface area contributed by atoms with Crippen molar-refractivity contribution in [2.24, 2.45) is 0 Å². The Hall–Kier alpha value is -2.48. The van der Waals surface area contributed by atoms with Crippen LogP contribution in [0.2, 0.25) is 0 Å². The van der Waals surface area contributed by atoms with Gasteiger partial charge in [-0.15, -0.1) is 11.3 Å². The molecule has 0 atom stereocenters. The predicted octanol–water partition coefficient (Wildman–Crippen LogP) is 3.22. The summed E-state index contributed by atoms with van der Waals surface area (Å²) >= 11 is 1.53. The molecule has 1 aliphatic rings. The average Bonchev–Trinajstić information content (AvgIpc) is 2.98. The predicted molar refractivity (Wildman–Crippen MR) is 95.7 cm³/mol. The second kappa shape index (κ2) is 5.80. The van der Waals surface area contributed by atoms with Crippen LogP contribution in [0.3, 0.4) is 0 Å². The number of aryl methyl sites for hydroxylation is 1. The smallest absolute Gasteiger partial charge is 0.258 e. The maximum atomic E-state index is 13.1. The molecule has 0 bridgehead atoms. The number of nitrogens with one attached hydrogen (secondary N) is 1. The van der Waals surface area contributed by atoms with Gasteiger partial charge in [-0.25, -0.2) is 15.0 Å². The van der Waals surface area contributed by atoms with E-state index in [1.807, 2.05) is 5.38 Å². The van der Waals surface area contributed by atoms with Crippen LogP contribution in [0.5, 0.6) is 0 Å². The summed E-state index contributed by atoms with van der Waals surface area (Å²) in [6, 6.07) is 0. The number of furan rings is 1. The number of nitrogens with zero attached hydrogens (tertiary/aromatic N) is 4. The van der Waals surface area contributed by atoms with Gasteiger partial charge in [0, 0.05) is 24.2 Å². The minimum Gasteiger partial charge on any atom is -0.442 e. The molecule has 0 unspecified atom stereocenters. The number of rotatable bonds is 5. The Bertz CT molecular complexity index is 930. The van der Waals surface area contributed by atoms with Crippen LogP contribution in [0.15, 0.2) is 22.3 Å². The molecule has 130 valence electrons. The number of carbonyl (C=O) groups is 1. The Morgan fingerprint density at radius 3 is 2.88 bits per heavy atom. The minimum atomic E-state index is -0.120. The van der Waals surface area contributed by atoms with Gasteiger partial charge in [0.1, 0.15) is 22.9 Å². The van der Waals surface area contributed by atoms with Crippen molar-refractivity contribution < 1.29 is 9.21 Å². The zero-order valence-corrected chi connectivity index (χ0v) is 15.2. The van der Waals surface area contributed by atoms with E-state index in [2.05, 4.69) is 27.2 Å². The molecule has 0 aliphatic heterocycles. The van der Waals surface area contributed by atoms with E-state index in [0.717, 1.165) is 17.8 Å². The molecule has 0 spiro atoms. The van der Waals surface area contributed by atoms with Gasteiger partial charge >= 0.3 is 0 Å². The van der Waals surface area contributed by atoms with Crippen LogP contribution in [0.4, 0.5) is 5.82 Å². The Morgan fingerprint density at radius 1 is 1.40 bits per heavy atom. The van der Waals surface area contributed by atoms with E-state index in [0.29, 0.717) is 34.8 Å². The highest BCUT2D eigenvalue weighted by Crippen LogP contribution is 2.40. The van der Waals surface area contributed by atoms with Gasteiger partial charge in [0.15, 0.2) is 0 Å². The van der Waals surface area contributed by atoms with E-state index >= 15 is 0 Å². The number of thiazole rings is 1. The normalized spacial score (nSPS) is 15.3. The van der Waals surface area contributed by atoms with E-state index in [4.69, 9.17) is 4.42 Å². The van der Waals surface area contributed by atoms with Crippen LogP contribution < -0.4 is 5.32 Å². The first-order valence-electron chi connectivity index (χ1n) is 8.13. The summed E-state index contributed by atoms with van der Waals surface area (Å²) < 4.78 is 5.73. The van der Waals surface area contributed by atoms with Crippen LogP contribution in [0.25, 0.3) is 11.1 Å². The lowest BCUT2D eigenvalue weighted by atomic mass is 10.1. The molecular formula is C17H19N5O2S. The summed E-state index contributed by atoms with van der Waals surface area (Å²) in [4.78, 5) is 27.5. The molecule has 0 aromatic carbocycles. The number of hydrogen-bond donors (Lipinski definition) is 1. The van der Waals surface area contributed by atoms with E-state index < -0.39 is 0 Å². The molecule has 25 heavy (non-hydrogen) atoms. The topological polar surface area (TPSA) is 84.2 Å². The molecule has 1 N–H and O–H groups in total. The molecule has 4 rings (SSSR count). The summed E-state index contributed by atoms with van der Waals surface area (Å²) in [7, 11) is 1.76. The van der Waals surface area contributed by atoms with Gasteiger partial charge in [-0.2, -0.15) is 0 Å². The third kappa shape index (κ3) is 2.97. The summed E-state index contributed by atoms with van der Waals surface area (Å²) in [6.07, 6.45) is 5.38. The monoisotopic (exact) mass is 357 g/mol. The third-order valence-corrected chi connectivity index (χ3v) is 5.27. The average molecular weight is 357 g/mol. The van der Waals surface area contributed by atoms with Crippen molar-refractivity contribution in [2.45, 2.75) is 38.8 Å². The molecule has 3 aromatic heterocycles. The molecule has 1 fully saturated rings. The van der Waals surface area contributed by atoms with Crippen LogP contribution in [-0.4, -0.2) is 38.3 Å². The highest BCUT2D eigenvalue weighted by atomic mass is 32.1. The Kier molecular flexibility index (Phi) is 3.72. The van der Waals surface area contributed by atoms with Gasteiger partial charge in [0.25, 0.3) is 5.91 Å². The molecular weight excluding hydrogens is 338 g/mol. The fourth-order valence-corrected chi connectivity index (χ4v) is 3.46. The van der Waals surface area contributed by atoms with Crippen molar-refractivity contribution in [1.82, 2.24) is 19.9 Å². The van der Waals surface area contributed by atoms with Gasteiger partial charge in [0.05, 0.1) is 17.5 Å². The van der Waals surface area contributed by atoms with Crippen LogP contribution in [0, 0.1) is 6.92 Å². The second-order valence-electron chi connectivity index (χ2n) is 6.71. The summed E-state index contributed by atoms with van der Waals surface area (Å²) in [5, 5.41) is 6.88. The lowest BCUT2D eigenvalue weighted by Gasteiger charge is -2.17. The first-order valence-corrected chi connectivity index (χ1v) is 9.01. The SMILES string of the molecule is Cc1oc2ncnc(NC3(C)CC3)c2c1C(=O)N(C)Cc1nccs1. The standard InChI is InChI=1S/C17H19N5O2S/c1-10-12(16(23)22(3)8-11-18-6-7-25-11)13-14(21-17(2)4-5-17)19-9-20-15(13)24-10/h6-7,9H,4-5,8H2,1-3H3,(H,19,20,21). The molecule has 1 amide bonds. The van der Waals surface area contributed by atoms with Crippen molar-refractivity contribution in [3.63, 3.8) is 0 Å². The highest BCUT2D eigenvalue weighted by Gasteiger charge is 2.38. The van der Waals surface area contributed by atoms with E-state index in [1.165, 1.54) is 17.7 Å². The number of aromatic nitrogens is 3. The first-order chi connectivity index (χ1) is 12.0. The number of hydrogen-bond acceptors (Lipinski definition) is 7. The fraction of sp³-hybridized carbons (Fsp3) is 0.412. The maximum absolute atomic E-state index is 13.1. The summed E-state index contributed by atoms with van der Waals surface area (Å²) in [6.45, 7) is 4.38. The van der Waals surface area contributed by atoms with E-state index in [9.17, 15) is 4.79 Å². The summed E-state index contributed by atoms with van der Waals surface area (Å²) in [5.41, 5.74) is 0.992. The fourth-order valence-electron chi connectivity index (χ4n) is 2.79. The number of carbonyl (C=O) groups excluding carboxylic acids is 1. The van der Waals surface area contributed by atoms with Crippen molar-refractivity contribution in [2.75, 3.05) is 12.4 Å². The van der Waals surface area contributed by atoms with E-state index in [-0.39, 0.29) is 11.4 Å².